The van der Waals surface area contributed by atoms with Crippen LogP contribution >= 0.6 is 11.6 Å². The third-order valence-electron chi connectivity index (χ3n) is 2.94. The summed E-state index contributed by atoms with van der Waals surface area (Å²) in [5.74, 6) is 0. The Morgan fingerprint density at radius 1 is 1.39 bits per heavy atom. The summed E-state index contributed by atoms with van der Waals surface area (Å²) in [5.41, 5.74) is 3.06. The standard InChI is InChI=1S/C13H12ClN3O/c1-15-12-8-17(7-10-4-5-18-16-10)13-3-2-9(14)6-11(12)13/h2-6,8,15H,7H2,1H3. The molecule has 0 aliphatic carbocycles. The third-order valence-corrected chi connectivity index (χ3v) is 3.17. The van der Waals surface area contributed by atoms with Gasteiger partial charge in [0.25, 0.3) is 0 Å². The summed E-state index contributed by atoms with van der Waals surface area (Å²) >= 11 is 6.04. The quantitative estimate of drug-likeness (QED) is 0.786. The Morgan fingerprint density at radius 2 is 2.28 bits per heavy atom. The first-order chi connectivity index (χ1) is 8.78. The predicted octanol–water partition coefficient (Wildman–Crippen LogP) is 3.37. The molecule has 0 aliphatic rings. The van der Waals surface area contributed by atoms with Crippen LogP contribution in [-0.4, -0.2) is 16.8 Å². The van der Waals surface area contributed by atoms with E-state index < -0.39 is 0 Å². The molecule has 0 bridgehead atoms. The van der Waals surface area contributed by atoms with Gasteiger partial charge in [0.15, 0.2) is 0 Å². The second kappa shape index (κ2) is 4.38. The van der Waals surface area contributed by atoms with Gasteiger partial charge in [0, 0.05) is 29.7 Å². The molecule has 5 heteroatoms. The molecule has 4 nitrogen and oxygen atoms in total. The van der Waals surface area contributed by atoms with Gasteiger partial charge in [-0.25, -0.2) is 0 Å². The number of nitrogens with one attached hydrogen (secondary N) is 1. The Kier molecular flexibility index (Phi) is 2.72. The number of hydrogen-bond donors (Lipinski definition) is 1. The van der Waals surface area contributed by atoms with E-state index in [0.29, 0.717) is 6.54 Å². The van der Waals surface area contributed by atoms with Gasteiger partial charge in [-0.2, -0.15) is 0 Å². The van der Waals surface area contributed by atoms with E-state index in [0.717, 1.165) is 27.3 Å². The van der Waals surface area contributed by atoms with E-state index in [4.69, 9.17) is 16.1 Å². The molecule has 3 aromatic rings. The Balaban J connectivity index is 2.12. The second-order valence-electron chi connectivity index (χ2n) is 4.07. The molecule has 0 amide bonds. The lowest BCUT2D eigenvalue weighted by molar-refractivity contribution is 0.410. The van der Waals surface area contributed by atoms with E-state index in [1.807, 2.05) is 31.3 Å². The number of halogens is 1. The average molecular weight is 262 g/mol. The number of fused-ring (bicyclic) bond motifs is 1. The lowest BCUT2D eigenvalue weighted by atomic mass is 10.2. The fourth-order valence-electron chi connectivity index (χ4n) is 2.09. The van der Waals surface area contributed by atoms with Gasteiger partial charge in [0.2, 0.25) is 0 Å². The zero-order chi connectivity index (χ0) is 12.5. The number of anilines is 1. The number of hydrogen-bond acceptors (Lipinski definition) is 3. The molecule has 0 atom stereocenters. The fraction of sp³-hybridized carbons (Fsp3) is 0.154. The van der Waals surface area contributed by atoms with Crippen LogP contribution in [-0.2, 0) is 6.54 Å². The van der Waals surface area contributed by atoms with Crippen LogP contribution in [0.3, 0.4) is 0 Å². The van der Waals surface area contributed by atoms with Crippen LogP contribution < -0.4 is 5.32 Å². The van der Waals surface area contributed by atoms with Crippen LogP contribution in [0, 0.1) is 0 Å². The highest BCUT2D eigenvalue weighted by atomic mass is 35.5. The first kappa shape index (κ1) is 11.2. The molecular formula is C13H12ClN3O. The van der Waals surface area contributed by atoms with E-state index in [1.54, 1.807) is 6.26 Å². The molecular weight excluding hydrogens is 250 g/mol. The zero-order valence-corrected chi connectivity index (χ0v) is 10.6. The third kappa shape index (κ3) is 1.84. The van der Waals surface area contributed by atoms with Crippen LogP contribution in [0.1, 0.15) is 5.69 Å². The largest absolute Gasteiger partial charge is 0.386 e. The first-order valence-electron chi connectivity index (χ1n) is 5.63. The highest BCUT2D eigenvalue weighted by molar-refractivity contribution is 6.31. The minimum atomic E-state index is 0.677. The van der Waals surface area contributed by atoms with E-state index in [9.17, 15) is 0 Å². The van der Waals surface area contributed by atoms with Crippen molar-refractivity contribution in [3.8, 4) is 0 Å². The Hall–Kier alpha value is -1.94. The van der Waals surface area contributed by atoms with E-state index in [-0.39, 0.29) is 0 Å². The molecule has 1 aromatic carbocycles. The van der Waals surface area contributed by atoms with Crippen LogP contribution in [0.15, 0.2) is 41.2 Å². The molecule has 0 radical (unpaired) electrons. The Morgan fingerprint density at radius 3 is 3.00 bits per heavy atom. The fourth-order valence-corrected chi connectivity index (χ4v) is 2.27. The van der Waals surface area contributed by atoms with Crippen molar-refractivity contribution in [3.05, 3.63) is 47.4 Å². The number of nitrogens with zero attached hydrogens (tertiary/aromatic N) is 2. The van der Waals surface area contributed by atoms with Gasteiger partial charge in [0.1, 0.15) is 12.0 Å². The zero-order valence-electron chi connectivity index (χ0n) is 9.85. The smallest absolute Gasteiger partial charge is 0.124 e. The van der Waals surface area contributed by atoms with Crippen molar-refractivity contribution in [3.63, 3.8) is 0 Å². The van der Waals surface area contributed by atoms with Gasteiger partial charge in [-0.15, -0.1) is 0 Å². The lowest BCUT2D eigenvalue weighted by Crippen LogP contribution is -1.97. The van der Waals surface area contributed by atoms with E-state index in [2.05, 4.69) is 21.2 Å². The summed E-state index contributed by atoms with van der Waals surface area (Å²) < 4.78 is 6.97. The molecule has 0 spiro atoms. The number of aromatic nitrogens is 2. The summed E-state index contributed by atoms with van der Waals surface area (Å²) in [5, 5.41) is 8.94. The molecule has 0 saturated carbocycles. The molecule has 0 fully saturated rings. The van der Waals surface area contributed by atoms with Crippen molar-refractivity contribution in [2.24, 2.45) is 0 Å². The van der Waals surface area contributed by atoms with Crippen molar-refractivity contribution in [2.45, 2.75) is 6.54 Å². The van der Waals surface area contributed by atoms with E-state index in [1.165, 1.54) is 0 Å². The molecule has 18 heavy (non-hydrogen) atoms. The van der Waals surface area contributed by atoms with Gasteiger partial charge >= 0.3 is 0 Å². The van der Waals surface area contributed by atoms with E-state index >= 15 is 0 Å². The summed E-state index contributed by atoms with van der Waals surface area (Å²) in [4.78, 5) is 0. The van der Waals surface area contributed by atoms with Gasteiger partial charge < -0.3 is 14.4 Å². The normalized spacial score (nSPS) is 11.0. The van der Waals surface area contributed by atoms with Gasteiger partial charge in [-0.1, -0.05) is 16.8 Å². The molecule has 2 heterocycles. The predicted molar refractivity (Wildman–Crippen MR) is 72.1 cm³/mol. The topological polar surface area (TPSA) is 43.0 Å². The second-order valence-corrected chi connectivity index (χ2v) is 4.51. The van der Waals surface area contributed by atoms with Gasteiger partial charge in [0.05, 0.1) is 17.7 Å². The molecule has 92 valence electrons. The maximum absolute atomic E-state index is 6.04. The lowest BCUT2D eigenvalue weighted by Gasteiger charge is -2.01. The van der Waals surface area contributed by atoms with Crippen LogP contribution in [0.2, 0.25) is 5.02 Å². The Labute approximate surface area is 109 Å². The van der Waals surface area contributed by atoms with Crippen molar-refractivity contribution in [2.75, 3.05) is 12.4 Å². The molecule has 0 saturated heterocycles. The Bertz CT molecular complexity index is 673. The number of rotatable bonds is 3. The molecule has 0 unspecified atom stereocenters. The summed E-state index contributed by atoms with van der Waals surface area (Å²) in [6, 6.07) is 7.73. The highest BCUT2D eigenvalue weighted by Gasteiger charge is 2.09. The molecule has 1 N–H and O–H groups in total. The molecule has 0 aliphatic heterocycles. The maximum atomic E-state index is 6.04. The number of benzene rings is 1. The van der Waals surface area contributed by atoms with Crippen LogP contribution in [0.4, 0.5) is 5.69 Å². The SMILES string of the molecule is CNc1cn(Cc2ccon2)c2ccc(Cl)cc12. The van der Waals surface area contributed by atoms with Crippen molar-refractivity contribution in [1.29, 1.82) is 0 Å². The summed E-state index contributed by atoms with van der Waals surface area (Å²) in [7, 11) is 1.90. The summed E-state index contributed by atoms with van der Waals surface area (Å²) in [6.45, 7) is 0.677. The van der Waals surface area contributed by atoms with Gasteiger partial charge in [-0.05, 0) is 18.2 Å². The van der Waals surface area contributed by atoms with Crippen LogP contribution in [0.5, 0.6) is 0 Å². The van der Waals surface area contributed by atoms with Crippen LogP contribution in [0.25, 0.3) is 10.9 Å². The first-order valence-corrected chi connectivity index (χ1v) is 6.01. The van der Waals surface area contributed by atoms with Crippen molar-refractivity contribution < 1.29 is 4.52 Å². The summed E-state index contributed by atoms with van der Waals surface area (Å²) in [6.07, 6.45) is 3.63. The van der Waals surface area contributed by atoms with Crippen molar-refractivity contribution in [1.82, 2.24) is 9.72 Å². The maximum Gasteiger partial charge on any atom is 0.124 e. The molecule has 3 rings (SSSR count). The minimum Gasteiger partial charge on any atom is -0.386 e. The minimum absolute atomic E-state index is 0.677. The molecule has 2 aromatic heterocycles. The van der Waals surface area contributed by atoms with Gasteiger partial charge in [-0.3, -0.25) is 0 Å². The van der Waals surface area contributed by atoms with Crippen molar-refractivity contribution >= 4 is 28.2 Å². The monoisotopic (exact) mass is 261 g/mol. The highest BCUT2D eigenvalue weighted by Crippen LogP contribution is 2.28. The average Bonchev–Trinajstić information content (AvgIpc) is 2.98.